The summed E-state index contributed by atoms with van der Waals surface area (Å²) in [6.07, 6.45) is 0. The third kappa shape index (κ3) is 6.99. The number of rotatable bonds is 7. The minimum absolute atomic E-state index is 0.148. The summed E-state index contributed by atoms with van der Waals surface area (Å²) in [5, 5.41) is 3.37. The molecule has 18 heavy (non-hydrogen) atoms. The van der Waals surface area contributed by atoms with Crippen LogP contribution in [0.1, 0.15) is 20.8 Å². The molecule has 0 spiro atoms. The molecule has 1 aromatic carbocycles. The van der Waals surface area contributed by atoms with Crippen LogP contribution in [0.3, 0.4) is 0 Å². The van der Waals surface area contributed by atoms with Crippen molar-refractivity contribution in [2.45, 2.75) is 26.3 Å². The standard InChI is InChI=1S/C14H22BrNO2/c1-14(2,3)16-8-9-17-10-11-18-13-7-5-4-6-12(13)15/h4-7,16H,8-11H2,1-3H3. The quantitative estimate of drug-likeness (QED) is 0.784. The summed E-state index contributed by atoms with van der Waals surface area (Å²) in [5.41, 5.74) is 0.148. The molecule has 0 aliphatic carbocycles. The van der Waals surface area contributed by atoms with Crippen LogP contribution < -0.4 is 10.1 Å². The van der Waals surface area contributed by atoms with Crippen molar-refractivity contribution in [1.29, 1.82) is 0 Å². The predicted molar refractivity (Wildman–Crippen MR) is 78.2 cm³/mol. The number of hydrogen-bond donors (Lipinski definition) is 1. The number of nitrogens with one attached hydrogen (secondary N) is 1. The van der Waals surface area contributed by atoms with Gasteiger partial charge >= 0.3 is 0 Å². The molecule has 0 aliphatic heterocycles. The Hall–Kier alpha value is -0.580. The second-order valence-electron chi connectivity index (χ2n) is 5.07. The van der Waals surface area contributed by atoms with Gasteiger partial charge in [0.2, 0.25) is 0 Å². The van der Waals surface area contributed by atoms with Crippen molar-refractivity contribution in [3.05, 3.63) is 28.7 Å². The van der Waals surface area contributed by atoms with Gasteiger partial charge in [-0.15, -0.1) is 0 Å². The van der Waals surface area contributed by atoms with Gasteiger partial charge in [-0.3, -0.25) is 0 Å². The van der Waals surface area contributed by atoms with Gasteiger partial charge in [0.05, 0.1) is 17.7 Å². The lowest BCUT2D eigenvalue weighted by Crippen LogP contribution is -2.38. The van der Waals surface area contributed by atoms with E-state index >= 15 is 0 Å². The molecule has 0 aromatic heterocycles. The van der Waals surface area contributed by atoms with E-state index in [0.717, 1.165) is 16.8 Å². The van der Waals surface area contributed by atoms with Gasteiger partial charge in [0, 0.05) is 12.1 Å². The van der Waals surface area contributed by atoms with E-state index in [0.29, 0.717) is 19.8 Å². The molecule has 0 aliphatic rings. The normalized spacial score (nSPS) is 11.6. The zero-order chi connectivity index (χ0) is 13.4. The van der Waals surface area contributed by atoms with E-state index in [1.165, 1.54) is 0 Å². The molecule has 1 rings (SSSR count). The molecular weight excluding hydrogens is 294 g/mol. The molecule has 0 saturated heterocycles. The highest BCUT2D eigenvalue weighted by Crippen LogP contribution is 2.23. The van der Waals surface area contributed by atoms with Crippen molar-refractivity contribution in [3.8, 4) is 5.75 Å². The van der Waals surface area contributed by atoms with Crippen molar-refractivity contribution < 1.29 is 9.47 Å². The van der Waals surface area contributed by atoms with Crippen LogP contribution in [0.4, 0.5) is 0 Å². The first kappa shape index (κ1) is 15.5. The molecular formula is C14H22BrNO2. The lowest BCUT2D eigenvalue weighted by Gasteiger charge is -2.20. The highest BCUT2D eigenvalue weighted by molar-refractivity contribution is 9.10. The van der Waals surface area contributed by atoms with Crippen molar-refractivity contribution in [2.75, 3.05) is 26.4 Å². The molecule has 0 fully saturated rings. The van der Waals surface area contributed by atoms with Crippen molar-refractivity contribution in [2.24, 2.45) is 0 Å². The molecule has 0 radical (unpaired) electrons. The zero-order valence-corrected chi connectivity index (χ0v) is 12.9. The lowest BCUT2D eigenvalue weighted by molar-refractivity contribution is 0.0982. The number of halogens is 1. The number of para-hydroxylation sites is 1. The van der Waals surface area contributed by atoms with Crippen molar-refractivity contribution in [3.63, 3.8) is 0 Å². The SMILES string of the molecule is CC(C)(C)NCCOCCOc1ccccc1Br. The Morgan fingerprint density at radius 2 is 1.83 bits per heavy atom. The van der Waals surface area contributed by atoms with Gasteiger partial charge in [0.1, 0.15) is 12.4 Å². The molecule has 0 atom stereocenters. The lowest BCUT2D eigenvalue weighted by atomic mass is 10.1. The van der Waals surface area contributed by atoms with Crippen LogP contribution in [0, 0.1) is 0 Å². The van der Waals surface area contributed by atoms with Crippen LogP contribution in [-0.4, -0.2) is 31.9 Å². The Morgan fingerprint density at radius 1 is 1.11 bits per heavy atom. The number of benzene rings is 1. The molecule has 4 heteroatoms. The maximum absolute atomic E-state index is 5.59. The second-order valence-corrected chi connectivity index (χ2v) is 5.92. The van der Waals surface area contributed by atoms with Gasteiger partial charge in [0.25, 0.3) is 0 Å². The van der Waals surface area contributed by atoms with Crippen molar-refractivity contribution in [1.82, 2.24) is 5.32 Å². The summed E-state index contributed by atoms with van der Waals surface area (Å²) >= 11 is 3.44. The topological polar surface area (TPSA) is 30.5 Å². The number of ether oxygens (including phenoxy) is 2. The largest absolute Gasteiger partial charge is 0.490 e. The molecule has 0 saturated carbocycles. The minimum Gasteiger partial charge on any atom is -0.490 e. The zero-order valence-electron chi connectivity index (χ0n) is 11.3. The van der Waals surface area contributed by atoms with Crippen LogP contribution >= 0.6 is 15.9 Å². The Kier molecular flexibility index (Phi) is 6.68. The van der Waals surface area contributed by atoms with E-state index in [2.05, 4.69) is 42.0 Å². The first-order valence-corrected chi connectivity index (χ1v) is 6.98. The summed E-state index contributed by atoms with van der Waals surface area (Å²) in [4.78, 5) is 0. The molecule has 1 N–H and O–H groups in total. The number of hydrogen-bond acceptors (Lipinski definition) is 3. The summed E-state index contributed by atoms with van der Waals surface area (Å²) in [7, 11) is 0. The average Bonchev–Trinajstić information content (AvgIpc) is 2.28. The first-order chi connectivity index (χ1) is 8.49. The average molecular weight is 316 g/mol. The van der Waals surface area contributed by atoms with Gasteiger partial charge < -0.3 is 14.8 Å². The van der Waals surface area contributed by atoms with Gasteiger partial charge in [-0.1, -0.05) is 12.1 Å². The molecule has 1 aromatic rings. The monoisotopic (exact) mass is 315 g/mol. The third-order valence-electron chi connectivity index (χ3n) is 2.22. The van der Waals surface area contributed by atoms with Gasteiger partial charge in [-0.2, -0.15) is 0 Å². The highest BCUT2D eigenvalue weighted by Gasteiger charge is 2.07. The smallest absolute Gasteiger partial charge is 0.133 e. The maximum Gasteiger partial charge on any atom is 0.133 e. The first-order valence-electron chi connectivity index (χ1n) is 6.19. The molecule has 3 nitrogen and oxygen atoms in total. The van der Waals surface area contributed by atoms with Crippen LogP contribution in [-0.2, 0) is 4.74 Å². The highest BCUT2D eigenvalue weighted by atomic mass is 79.9. The van der Waals surface area contributed by atoms with E-state index in [9.17, 15) is 0 Å². The molecule has 102 valence electrons. The summed E-state index contributed by atoms with van der Waals surface area (Å²) in [6, 6.07) is 7.81. The molecule has 0 amide bonds. The van der Waals surface area contributed by atoms with Gasteiger partial charge in [-0.25, -0.2) is 0 Å². The summed E-state index contributed by atoms with van der Waals surface area (Å²) < 4.78 is 12.1. The molecule has 0 unspecified atom stereocenters. The van der Waals surface area contributed by atoms with E-state index in [1.807, 2.05) is 24.3 Å². The fourth-order valence-electron chi connectivity index (χ4n) is 1.37. The van der Waals surface area contributed by atoms with E-state index in [4.69, 9.17) is 9.47 Å². The van der Waals surface area contributed by atoms with E-state index < -0.39 is 0 Å². The maximum atomic E-state index is 5.59. The fourth-order valence-corrected chi connectivity index (χ4v) is 1.77. The summed E-state index contributed by atoms with van der Waals surface area (Å²) in [6.45, 7) is 9.16. The van der Waals surface area contributed by atoms with Crippen LogP contribution in [0.5, 0.6) is 5.75 Å². The van der Waals surface area contributed by atoms with E-state index in [-0.39, 0.29) is 5.54 Å². The molecule has 0 bridgehead atoms. The Bertz CT molecular complexity index is 350. The minimum atomic E-state index is 0.148. The third-order valence-corrected chi connectivity index (χ3v) is 2.88. The predicted octanol–water partition coefficient (Wildman–Crippen LogP) is 3.23. The Balaban J connectivity index is 2.04. The van der Waals surface area contributed by atoms with Crippen LogP contribution in [0.25, 0.3) is 0 Å². The van der Waals surface area contributed by atoms with Crippen molar-refractivity contribution >= 4 is 15.9 Å². The Morgan fingerprint density at radius 3 is 2.50 bits per heavy atom. The van der Waals surface area contributed by atoms with Crippen LogP contribution in [0.15, 0.2) is 28.7 Å². The fraction of sp³-hybridized carbons (Fsp3) is 0.571. The summed E-state index contributed by atoms with van der Waals surface area (Å²) in [5.74, 6) is 0.855. The Labute approximate surface area is 118 Å². The van der Waals surface area contributed by atoms with Crippen LogP contribution in [0.2, 0.25) is 0 Å². The van der Waals surface area contributed by atoms with Gasteiger partial charge in [0.15, 0.2) is 0 Å². The van der Waals surface area contributed by atoms with E-state index in [1.54, 1.807) is 0 Å². The second kappa shape index (κ2) is 7.77. The molecule has 0 heterocycles. The van der Waals surface area contributed by atoms with Gasteiger partial charge in [-0.05, 0) is 48.8 Å².